The van der Waals surface area contributed by atoms with Crippen LogP contribution in [0.4, 0.5) is 4.39 Å². The number of carbonyl (C=O) groups excluding carboxylic acids is 1. The van der Waals surface area contributed by atoms with Gasteiger partial charge < -0.3 is 10.0 Å². The van der Waals surface area contributed by atoms with Crippen LogP contribution in [0.2, 0.25) is 5.02 Å². The molecule has 20 heavy (non-hydrogen) atoms. The number of amides is 1. The molecule has 0 aliphatic carbocycles. The standard InChI is InChI=1S/C14H13ClFNO3/c15-7-1-3-9(11(16)5-7)13(18)17-8-2-4-12(17)10(6-8)14(19)20/h1,3,5,8,10,12H,2,4,6H2,(H,19,20). The molecule has 0 radical (unpaired) electrons. The summed E-state index contributed by atoms with van der Waals surface area (Å²) in [6, 6.07) is 3.50. The summed E-state index contributed by atoms with van der Waals surface area (Å²) in [4.78, 5) is 25.2. The number of halogens is 2. The van der Waals surface area contributed by atoms with Crippen molar-refractivity contribution in [3.8, 4) is 0 Å². The molecule has 0 spiro atoms. The third-order valence-corrected chi connectivity index (χ3v) is 4.49. The number of carboxylic acid groups (broad SMARTS) is 1. The predicted molar refractivity (Wildman–Crippen MR) is 70.1 cm³/mol. The molecule has 3 unspecified atom stereocenters. The lowest BCUT2D eigenvalue weighted by molar-refractivity contribution is -0.142. The van der Waals surface area contributed by atoms with E-state index in [1.807, 2.05) is 0 Å². The molecule has 1 N–H and O–H groups in total. The van der Waals surface area contributed by atoms with Crippen LogP contribution in [-0.4, -0.2) is 34.0 Å². The van der Waals surface area contributed by atoms with Crippen molar-refractivity contribution in [3.05, 3.63) is 34.6 Å². The lowest BCUT2D eigenvalue weighted by Crippen LogP contribution is -2.38. The fourth-order valence-corrected chi connectivity index (χ4v) is 3.53. The highest BCUT2D eigenvalue weighted by atomic mass is 35.5. The fraction of sp³-hybridized carbons (Fsp3) is 0.429. The molecule has 1 amide bonds. The van der Waals surface area contributed by atoms with Gasteiger partial charge in [0.15, 0.2) is 0 Å². The van der Waals surface area contributed by atoms with E-state index in [2.05, 4.69) is 0 Å². The van der Waals surface area contributed by atoms with E-state index in [0.29, 0.717) is 12.8 Å². The van der Waals surface area contributed by atoms with Crippen LogP contribution in [0.25, 0.3) is 0 Å². The van der Waals surface area contributed by atoms with Crippen molar-refractivity contribution in [3.63, 3.8) is 0 Å². The molecule has 4 nitrogen and oxygen atoms in total. The van der Waals surface area contributed by atoms with Crippen molar-refractivity contribution in [2.24, 2.45) is 5.92 Å². The molecule has 2 saturated heterocycles. The molecule has 3 atom stereocenters. The smallest absolute Gasteiger partial charge is 0.308 e. The maximum Gasteiger partial charge on any atom is 0.308 e. The van der Waals surface area contributed by atoms with Gasteiger partial charge in [0.2, 0.25) is 0 Å². The van der Waals surface area contributed by atoms with E-state index in [1.165, 1.54) is 12.1 Å². The Hall–Kier alpha value is -1.62. The van der Waals surface area contributed by atoms with Gasteiger partial charge in [-0.2, -0.15) is 0 Å². The zero-order valence-corrected chi connectivity index (χ0v) is 11.3. The van der Waals surface area contributed by atoms with Crippen LogP contribution in [0.15, 0.2) is 18.2 Å². The summed E-state index contributed by atoms with van der Waals surface area (Å²) in [5.41, 5.74) is -0.0441. The number of nitrogens with zero attached hydrogens (tertiary/aromatic N) is 1. The van der Waals surface area contributed by atoms with Crippen LogP contribution in [0.3, 0.4) is 0 Å². The van der Waals surface area contributed by atoms with E-state index in [-0.39, 0.29) is 22.7 Å². The Morgan fingerprint density at radius 3 is 2.70 bits per heavy atom. The highest BCUT2D eigenvalue weighted by molar-refractivity contribution is 6.30. The Morgan fingerprint density at radius 1 is 1.35 bits per heavy atom. The zero-order chi connectivity index (χ0) is 14.4. The Labute approximate surface area is 120 Å². The van der Waals surface area contributed by atoms with E-state index in [4.69, 9.17) is 16.7 Å². The number of carboxylic acids is 1. The third kappa shape index (κ3) is 1.97. The number of rotatable bonds is 2. The van der Waals surface area contributed by atoms with Crippen molar-refractivity contribution < 1.29 is 19.1 Å². The monoisotopic (exact) mass is 297 g/mol. The van der Waals surface area contributed by atoms with Crippen LogP contribution in [0.5, 0.6) is 0 Å². The van der Waals surface area contributed by atoms with Gasteiger partial charge in [0.25, 0.3) is 5.91 Å². The molecule has 2 fully saturated rings. The Morgan fingerprint density at radius 2 is 2.10 bits per heavy atom. The van der Waals surface area contributed by atoms with Gasteiger partial charge in [-0.15, -0.1) is 0 Å². The Bertz CT molecular complexity index is 592. The van der Waals surface area contributed by atoms with Crippen LogP contribution >= 0.6 is 11.6 Å². The molecule has 0 aromatic heterocycles. The van der Waals surface area contributed by atoms with E-state index >= 15 is 0 Å². The maximum absolute atomic E-state index is 13.8. The summed E-state index contributed by atoms with van der Waals surface area (Å²) in [5.74, 6) is -2.52. The molecule has 0 saturated carbocycles. The second-order valence-electron chi connectivity index (χ2n) is 5.32. The first-order chi connectivity index (χ1) is 9.49. The molecule has 2 aliphatic heterocycles. The minimum Gasteiger partial charge on any atom is -0.481 e. The highest BCUT2D eigenvalue weighted by Gasteiger charge is 2.51. The molecule has 106 valence electrons. The largest absolute Gasteiger partial charge is 0.481 e. The summed E-state index contributed by atoms with van der Waals surface area (Å²) in [6.45, 7) is 0. The Kier molecular flexibility index (Phi) is 3.17. The van der Waals surface area contributed by atoms with Crippen molar-refractivity contribution in [1.29, 1.82) is 0 Å². The molecule has 1 aromatic carbocycles. The van der Waals surface area contributed by atoms with E-state index in [0.717, 1.165) is 12.5 Å². The number of fused-ring (bicyclic) bond motifs is 2. The van der Waals surface area contributed by atoms with Gasteiger partial charge in [0.1, 0.15) is 5.82 Å². The number of hydrogen-bond donors (Lipinski definition) is 1. The van der Waals surface area contributed by atoms with Gasteiger partial charge in [-0.3, -0.25) is 9.59 Å². The minimum absolute atomic E-state index is 0.0441. The average molecular weight is 298 g/mol. The maximum atomic E-state index is 13.8. The van der Waals surface area contributed by atoms with E-state index in [9.17, 15) is 14.0 Å². The number of aliphatic carboxylic acids is 1. The molecule has 3 rings (SSSR count). The lowest BCUT2D eigenvalue weighted by atomic mass is 9.89. The number of hydrogen-bond acceptors (Lipinski definition) is 2. The molecular formula is C14H13ClFNO3. The second kappa shape index (κ2) is 4.74. The van der Waals surface area contributed by atoms with Crippen LogP contribution < -0.4 is 0 Å². The first-order valence-electron chi connectivity index (χ1n) is 6.49. The minimum atomic E-state index is -0.883. The van der Waals surface area contributed by atoms with E-state index < -0.39 is 23.6 Å². The molecule has 6 heteroatoms. The average Bonchev–Trinajstić information content (AvgIpc) is 2.95. The Balaban J connectivity index is 1.90. The SMILES string of the molecule is O=C(O)C1CC2CCC1N2C(=O)c1ccc(Cl)cc1F. The van der Waals surface area contributed by atoms with Crippen molar-refractivity contribution >= 4 is 23.5 Å². The van der Waals surface area contributed by atoms with Gasteiger partial charge in [-0.05, 0) is 37.5 Å². The second-order valence-corrected chi connectivity index (χ2v) is 5.75. The quantitative estimate of drug-likeness (QED) is 0.912. The third-order valence-electron chi connectivity index (χ3n) is 4.25. The molecular weight excluding hydrogens is 285 g/mol. The van der Waals surface area contributed by atoms with Crippen LogP contribution in [0.1, 0.15) is 29.6 Å². The molecule has 1 aromatic rings. The zero-order valence-electron chi connectivity index (χ0n) is 10.6. The first kappa shape index (κ1) is 13.4. The summed E-state index contributed by atoms with van der Waals surface area (Å²) in [7, 11) is 0. The van der Waals surface area contributed by atoms with Crippen molar-refractivity contribution in [1.82, 2.24) is 4.90 Å². The van der Waals surface area contributed by atoms with Crippen molar-refractivity contribution in [2.45, 2.75) is 31.3 Å². The summed E-state index contributed by atoms with van der Waals surface area (Å²) in [6.07, 6.45) is 1.92. The van der Waals surface area contributed by atoms with Gasteiger partial charge in [-0.1, -0.05) is 11.6 Å². The van der Waals surface area contributed by atoms with Gasteiger partial charge in [0.05, 0.1) is 11.5 Å². The fourth-order valence-electron chi connectivity index (χ4n) is 3.37. The van der Waals surface area contributed by atoms with Crippen molar-refractivity contribution in [2.75, 3.05) is 0 Å². The highest BCUT2D eigenvalue weighted by Crippen LogP contribution is 2.42. The lowest BCUT2D eigenvalue weighted by Gasteiger charge is -2.23. The normalized spacial score (nSPS) is 27.9. The van der Waals surface area contributed by atoms with Crippen LogP contribution in [0, 0.1) is 11.7 Å². The molecule has 2 bridgehead atoms. The number of carbonyl (C=O) groups is 2. The topological polar surface area (TPSA) is 57.6 Å². The summed E-state index contributed by atoms with van der Waals surface area (Å²) >= 11 is 5.67. The number of benzene rings is 1. The van der Waals surface area contributed by atoms with Gasteiger partial charge >= 0.3 is 5.97 Å². The van der Waals surface area contributed by atoms with Crippen LogP contribution in [-0.2, 0) is 4.79 Å². The summed E-state index contributed by atoms with van der Waals surface area (Å²) in [5, 5.41) is 9.40. The molecule has 2 heterocycles. The van der Waals surface area contributed by atoms with Gasteiger partial charge in [-0.25, -0.2) is 4.39 Å². The first-order valence-corrected chi connectivity index (χ1v) is 6.87. The molecule has 2 aliphatic rings. The predicted octanol–water partition coefficient (Wildman–Crippen LogP) is 2.56. The van der Waals surface area contributed by atoms with E-state index in [1.54, 1.807) is 4.90 Å². The summed E-state index contributed by atoms with van der Waals surface area (Å²) < 4.78 is 13.8. The van der Waals surface area contributed by atoms with Gasteiger partial charge in [0, 0.05) is 17.1 Å².